The molecule has 0 radical (unpaired) electrons. The molecule has 1 fully saturated rings. The molecule has 2 unspecified atom stereocenters. The van der Waals surface area contributed by atoms with Crippen molar-refractivity contribution in [2.24, 2.45) is 0 Å². The molecule has 1 spiro atoms. The van der Waals surface area contributed by atoms with Crippen LogP contribution in [0.3, 0.4) is 0 Å². The van der Waals surface area contributed by atoms with Gasteiger partial charge in [-0.15, -0.1) is 0 Å². The monoisotopic (exact) mass is 525 g/mol. The summed E-state index contributed by atoms with van der Waals surface area (Å²) in [6.45, 7) is 3.07. The second-order valence-corrected chi connectivity index (χ2v) is 11.5. The molecule has 10 heteroatoms. The summed E-state index contributed by atoms with van der Waals surface area (Å²) < 4.78 is 41.4. The van der Waals surface area contributed by atoms with Gasteiger partial charge in [0.2, 0.25) is 10.0 Å². The zero-order valence-corrected chi connectivity index (χ0v) is 21.9. The molecule has 0 amide bonds. The van der Waals surface area contributed by atoms with E-state index in [2.05, 4.69) is 11.6 Å². The van der Waals surface area contributed by atoms with Gasteiger partial charge in [-0.05, 0) is 43.4 Å². The lowest BCUT2D eigenvalue weighted by Gasteiger charge is -2.34. The summed E-state index contributed by atoms with van der Waals surface area (Å²) in [4.78, 5) is 12.2. The molecule has 1 saturated heterocycles. The Morgan fingerprint density at radius 1 is 1.14 bits per heavy atom. The number of benzene rings is 1. The zero-order chi connectivity index (χ0) is 26.4. The molecule has 4 atom stereocenters. The van der Waals surface area contributed by atoms with Crippen molar-refractivity contribution < 1.29 is 38.0 Å². The summed E-state index contributed by atoms with van der Waals surface area (Å²) >= 11 is 0. The molecule has 2 aliphatic rings. The SMILES string of the molecule is CCCCCCCc1ccccc1NS(=O)(=O)C1CCC2(C=C1C(=O)O)O[C@H](CO)[C@@](CC)(CO)O2. The van der Waals surface area contributed by atoms with Crippen LogP contribution in [0.4, 0.5) is 5.69 Å². The highest BCUT2D eigenvalue weighted by Crippen LogP contribution is 2.46. The molecule has 1 heterocycles. The number of carboxylic acids is 1. The number of rotatable bonds is 13. The Balaban J connectivity index is 1.83. The molecular formula is C26H39NO8S. The molecule has 3 rings (SSSR count). The van der Waals surface area contributed by atoms with Gasteiger partial charge in [-0.25, -0.2) is 13.2 Å². The number of ether oxygens (including phenoxy) is 2. The fourth-order valence-electron chi connectivity index (χ4n) is 5.10. The number of para-hydroxylation sites is 1. The molecule has 1 aromatic rings. The van der Waals surface area contributed by atoms with E-state index in [-0.39, 0.29) is 18.4 Å². The van der Waals surface area contributed by atoms with Crippen LogP contribution in [0, 0.1) is 0 Å². The predicted molar refractivity (Wildman–Crippen MR) is 136 cm³/mol. The summed E-state index contributed by atoms with van der Waals surface area (Å²) in [6, 6.07) is 7.19. The minimum Gasteiger partial charge on any atom is -0.478 e. The van der Waals surface area contributed by atoms with Crippen molar-refractivity contribution in [3.05, 3.63) is 41.5 Å². The standard InChI is InChI=1S/C26H39NO8S/c1-3-5-6-7-8-11-19-12-9-10-13-21(19)27-36(32,33)22-14-15-26(16-20(22)24(30)31)34-23(17-28)25(4-2,18-29)35-26/h9-10,12-13,16,22-23,27-29H,3-8,11,14-15,17-18H2,1-2H3,(H,30,31)/t22?,23-,25-,26?/m1/s1. The van der Waals surface area contributed by atoms with Crippen LogP contribution in [0.5, 0.6) is 0 Å². The van der Waals surface area contributed by atoms with E-state index in [1.165, 1.54) is 12.5 Å². The van der Waals surface area contributed by atoms with Crippen LogP contribution in [-0.4, -0.2) is 65.7 Å². The van der Waals surface area contributed by atoms with Gasteiger partial charge in [0.25, 0.3) is 0 Å². The van der Waals surface area contributed by atoms with Gasteiger partial charge in [0.05, 0.1) is 24.5 Å². The normalized spacial score (nSPS) is 28.3. The second kappa shape index (κ2) is 12.0. The number of carbonyl (C=O) groups is 1. The molecule has 202 valence electrons. The number of hydrogen-bond donors (Lipinski definition) is 4. The van der Waals surface area contributed by atoms with E-state index in [1.807, 2.05) is 12.1 Å². The van der Waals surface area contributed by atoms with Crippen LogP contribution in [0.25, 0.3) is 0 Å². The van der Waals surface area contributed by atoms with E-state index < -0.39 is 51.9 Å². The maximum absolute atomic E-state index is 13.4. The average Bonchev–Trinajstić information content (AvgIpc) is 3.17. The minimum absolute atomic E-state index is 0.0595. The molecule has 0 aromatic heterocycles. The second-order valence-electron chi connectivity index (χ2n) is 9.68. The van der Waals surface area contributed by atoms with E-state index in [4.69, 9.17) is 9.47 Å². The summed E-state index contributed by atoms with van der Waals surface area (Å²) in [6.07, 6.45) is 6.84. The number of aliphatic hydroxyl groups excluding tert-OH is 2. The van der Waals surface area contributed by atoms with Gasteiger partial charge in [-0.1, -0.05) is 57.7 Å². The van der Waals surface area contributed by atoms with Crippen molar-refractivity contribution in [1.29, 1.82) is 0 Å². The Morgan fingerprint density at radius 3 is 2.47 bits per heavy atom. The van der Waals surface area contributed by atoms with E-state index in [0.717, 1.165) is 37.7 Å². The lowest BCUT2D eigenvalue weighted by Crippen LogP contribution is -2.46. The highest BCUT2D eigenvalue weighted by Gasteiger charge is 2.57. The van der Waals surface area contributed by atoms with Crippen LogP contribution in [0.15, 0.2) is 35.9 Å². The third kappa shape index (κ3) is 6.11. The average molecular weight is 526 g/mol. The summed E-state index contributed by atoms with van der Waals surface area (Å²) in [5, 5.41) is 28.3. The Hall–Kier alpha value is -1.98. The van der Waals surface area contributed by atoms with Crippen molar-refractivity contribution in [2.45, 2.75) is 94.4 Å². The molecule has 9 nitrogen and oxygen atoms in total. The minimum atomic E-state index is -4.11. The molecule has 0 saturated carbocycles. The maximum atomic E-state index is 13.4. The largest absolute Gasteiger partial charge is 0.478 e. The molecular weight excluding hydrogens is 486 g/mol. The highest BCUT2D eigenvalue weighted by molar-refractivity contribution is 7.93. The van der Waals surface area contributed by atoms with Crippen LogP contribution in [0.2, 0.25) is 0 Å². The smallest absolute Gasteiger partial charge is 0.332 e. The van der Waals surface area contributed by atoms with Gasteiger partial charge >= 0.3 is 5.97 Å². The number of aliphatic hydroxyl groups is 2. The van der Waals surface area contributed by atoms with Crippen LogP contribution >= 0.6 is 0 Å². The van der Waals surface area contributed by atoms with Crippen molar-refractivity contribution in [3.63, 3.8) is 0 Å². The molecule has 0 bridgehead atoms. The van der Waals surface area contributed by atoms with Crippen LogP contribution in [-0.2, 0) is 30.7 Å². The first kappa shape index (κ1) is 28.6. The van der Waals surface area contributed by atoms with Crippen molar-refractivity contribution in [3.8, 4) is 0 Å². The van der Waals surface area contributed by atoms with E-state index >= 15 is 0 Å². The van der Waals surface area contributed by atoms with E-state index in [1.54, 1.807) is 19.1 Å². The summed E-state index contributed by atoms with van der Waals surface area (Å²) in [7, 11) is -4.11. The van der Waals surface area contributed by atoms with Gasteiger partial charge in [0.1, 0.15) is 17.0 Å². The number of aliphatic carboxylic acids is 1. The zero-order valence-electron chi connectivity index (χ0n) is 21.1. The summed E-state index contributed by atoms with van der Waals surface area (Å²) in [5.41, 5.74) is -0.228. The number of anilines is 1. The number of aryl methyl sites for hydroxylation is 1. The van der Waals surface area contributed by atoms with Crippen molar-refractivity contribution in [1.82, 2.24) is 0 Å². The summed E-state index contributed by atoms with van der Waals surface area (Å²) in [5.74, 6) is -2.91. The Morgan fingerprint density at radius 2 is 1.86 bits per heavy atom. The Bertz CT molecular complexity index is 1040. The number of sulfonamides is 1. The van der Waals surface area contributed by atoms with Crippen molar-refractivity contribution in [2.75, 3.05) is 17.9 Å². The molecule has 1 aliphatic carbocycles. The Kier molecular flexibility index (Phi) is 9.56. The molecule has 1 aromatic carbocycles. The van der Waals surface area contributed by atoms with Gasteiger partial charge in [0, 0.05) is 6.42 Å². The molecule has 36 heavy (non-hydrogen) atoms. The van der Waals surface area contributed by atoms with Crippen molar-refractivity contribution >= 4 is 21.7 Å². The molecule has 4 N–H and O–H groups in total. The number of nitrogens with one attached hydrogen (secondary N) is 1. The van der Waals surface area contributed by atoms with Crippen LogP contribution < -0.4 is 4.72 Å². The van der Waals surface area contributed by atoms with E-state index in [9.17, 15) is 28.5 Å². The topological polar surface area (TPSA) is 142 Å². The lowest BCUT2D eigenvalue weighted by molar-refractivity contribution is -0.171. The molecule has 1 aliphatic heterocycles. The highest BCUT2D eigenvalue weighted by atomic mass is 32.2. The fraction of sp³-hybridized carbons (Fsp3) is 0.654. The third-order valence-electron chi connectivity index (χ3n) is 7.25. The number of hydrogen-bond acceptors (Lipinski definition) is 7. The lowest BCUT2D eigenvalue weighted by atomic mass is 9.93. The Labute approximate surface area is 213 Å². The van der Waals surface area contributed by atoms with Gasteiger partial charge < -0.3 is 24.8 Å². The third-order valence-corrected chi connectivity index (χ3v) is 9.00. The quantitative estimate of drug-likeness (QED) is 0.287. The number of unbranched alkanes of at least 4 members (excludes halogenated alkanes) is 4. The maximum Gasteiger partial charge on any atom is 0.332 e. The van der Waals surface area contributed by atoms with Gasteiger partial charge in [-0.2, -0.15) is 0 Å². The van der Waals surface area contributed by atoms with Crippen LogP contribution in [0.1, 0.15) is 70.8 Å². The van der Waals surface area contributed by atoms with E-state index in [0.29, 0.717) is 12.1 Å². The van der Waals surface area contributed by atoms with Gasteiger partial charge in [0.15, 0.2) is 5.79 Å². The first-order valence-corrected chi connectivity index (χ1v) is 14.4. The number of carboxylic acid groups (broad SMARTS) is 1. The first-order chi connectivity index (χ1) is 17.2. The fourth-order valence-corrected chi connectivity index (χ4v) is 6.68. The first-order valence-electron chi connectivity index (χ1n) is 12.8. The predicted octanol–water partition coefficient (Wildman–Crippen LogP) is 3.36. The van der Waals surface area contributed by atoms with Gasteiger partial charge in [-0.3, -0.25) is 4.72 Å².